The normalized spacial score (nSPS) is 10.7. The lowest BCUT2D eigenvalue weighted by Gasteiger charge is -1.96. The number of halogens is 2. The molecule has 0 aliphatic heterocycles. The summed E-state index contributed by atoms with van der Waals surface area (Å²) in [5.41, 5.74) is 0. The van der Waals surface area contributed by atoms with Gasteiger partial charge in [-0.25, -0.2) is 13.6 Å². The van der Waals surface area contributed by atoms with Crippen LogP contribution in [0.25, 0.3) is 0 Å². The number of benzene rings is 1. The molecule has 0 aliphatic carbocycles. The van der Waals surface area contributed by atoms with Crippen molar-refractivity contribution in [3.63, 3.8) is 0 Å². The number of sulfonamides is 1. The van der Waals surface area contributed by atoms with Gasteiger partial charge in [-0.3, -0.25) is 0 Å². The van der Waals surface area contributed by atoms with Crippen LogP contribution in [0.15, 0.2) is 27.5 Å². The highest BCUT2D eigenvalue weighted by molar-refractivity contribution is 7.90. The molecule has 1 aromatic carbocycles. The van der Waals surface area contributed by atoms with E-state index < -0.39 is 26.6 Å². The second kappa shape index (κ2) is 3.65. The van der Waals surface area contributed by atoms with Gasteiger partial charge in [0.1, 0.15) is 11.6 Å². The molecule has 7 heteroatoms. The maximum atomic E-state index is 12.6. The Morgan fingerprint density at radius 1 is 1.14 bits per heavy atom. The molecule has 0 unspecified atom stereocenters. The number of rotatable bonds is 2. The summed E-state index contributed by atoms with van der Waals surface area (Å²) < 4.78 is 49.5. The van der Waals surface area contributed by atoms with E-state index in [1.54, 1.807) is 0 Å². The Labute approximate surface area is 77.9 Å². The fraction of sp³-hybridized carbons (Fsp3) is 0. The fourth-order valence-corrected chi connectivity index (χ4v) is 1.51. The van der Waals surface area contributed by atoms with Crippen molar-refractivity contribution >= 4 is 16.1 Å². The molecule has 0 radical (unpaired) electrons. The van der Waals surface area contributed by atoms with E-state index in [1.807, 2.05) is 0 Å². The van der Waals surface area contributed by atoms with Crippen molar-refractivity contribution in [1.29, 1.82) is 0 Å². The smallest absolute Gasteiger partial charge is 0.210 e. The van der Waals surface area contributed by atoms with E-state index in [-0.39, 0.29) is 0 Å². The van der Waals surface area contributed by atoms with Crippen LogP contribution in [-0.2, 0) is 14.8 Å². The maximum Gasteiger partial charge on any atom is 0.292 e. The van der Waals surface area contributed by atoms with E-state index >= 15 is 0 Å². The lowest BCUT2D eigenvalue weighted by molar-refractivity contribution is 0.560. The predicted octanol–water partition coefficient (Wildman–Crippen LogP) is 0.989. The third kappa shape index (κ3) is 2.21. The van der Waals surface area contributed by atoms with Gasteiger partial charge in [0.05, 0.1) is 4.90 Å². The average molecular weight is 219 g/mol. The summed E-state index contributed by atoms with van der Waals surface area (Å²) in [5, 5.41) is 0. The second-order valence-corrected chi connectivity index (χ2v) is 3.87. The Hall–Kier alpha value is -1.59. The molecule has 0 aliphatic rings. The van der Waals surface area contributed by atoms with Crippen LogP contribution in [0.5, 0.6) is 0 Å². The standard InChI is InChI=1S/C7H3F2NO3S/c8-5-1-6(9)3-7(2-5)14(12,13)10-4-11/h1-3H. The summed E-state index contributed by atoms with van der Waals surface area (Å²) in [6.07, 6.45) is 0.788. The zero-order chi connectivity index (χ0) is 10.8. The number of hydrogen-bond donors (Lipinski definition) is 0. The van der Waals surface area contributed by atoms with Crippen LogP contribution < -0.4 is 0 Å². The van der Waals surface area contributed by atoms with Gasteiger partial charge in [-0.1, -0.05) is 4.40 Å². The zero-order valence-electron chi connectivity index (χ0n) is 6.57. The van der Waals surface area contributed by atoms with Gasteiger partial charge in [-0.2, -0.15) is 8.42 Å². The molecular formula is C7H3F2NO3S. The Bertz CT molecular complexity index is 485. The summed E-state index contributed by atoms with van der Waals surface area (Å²) in [5.74, 6) is -2.13. The van der Waals surface area contributed by atoms with Crippen LogP contribution in [0.1, 0.15) is 0 Å². The van der Waals surface area contributed by atoms with Crippen molar-refractivity contribution in [2.24, 2.45) is 4.40 Å². The first kappa shape index (κ1) is 10.5. The molecule has 14 heavy (non-hydrogen) atoms. The van der Waals surface area contributed by atoms with Gasteiger partial charge in [0.25, 0.3) is 16.1 Å². The van der Waals surface area contributed by atoms with E-state index in [9.17, 15) is 22.0 Å². The monoisotopic (exact) mass is 219 g/mol. The van der Waals surface area contributed by atoms with E-state index in [0.717, 1.165) is 6.08 Å². The quantitative estimate of drug-likeness (QED) is 0.550. The highest BCUT2D eigenvalue weighted by atomic mass is 32.2. The molecule has 74 valence electrons. The molecule has 0 aromatic heterocycles. The minimum atomic E-state index is -4.33. The van der Waals surface area contributed by atoms with Gasteiger partial charge in [0, 0.05) is 6.07 Å². The largest absolute Gasteiger partial charge is 0.292 e. The lowest BCUT2D eigenvalue weighted by atomic mass is 10.3. The van der Waals surface area contributed by atoms with Crippen LogP contribution in [0.3, 0.4) is 0 Å². The first-order chi connectivity index (χ1) is 6.45. The zero-order valence-corrected chi connectivity index (χ0v) is 7.38. The van der Waals surface area contributed by atoms with Gasteiger partial charge in [0.15, 0.2) is 0 Å². The Balaban J connectivity index is 3.40. The average Bonchev–Trinajstić information content (AvgIpc) is 2.02. The number of isocyanates is 1. The molecule has 0 amide bonds. The molecule has 0 spiro atoms. The molecule has 0 fully saturated rings. The molecule has 0 bridgehead atoms. The molecule has 4 nitrogen and oxygen atoms in total. The van der Waals surface area contributed by atoms with Crippen LogP contribution in [0.2, 0.25) is 0 Å². The predicted molar refractivity (Wildman–Crippen MR) is 41.7 cm³/mol. The summed E-state index contributed by atoms with van der Waals surface area (Å²) in [6.45, 7) is 0. The Kier molecular flexibility index (Phi) is 2.73. The minimum Gasteiger partial charge on any atom is -0.210 e. The number of hydrogen-bond acceptors (Lipinski definition) is 3. The number of nitrogens with zero attached hydrogens (tertiary/aromatic N) is 1. The van der Waals surface area contributed by atoms with Gasteiger partial charge in [0.2, 0.25) is 0 Å². The topological polar surface area (TPSA) is 63.6 Å². The highest BCUT2D eigenvalue weighted by Crippen LogP contribution is 2.15. The van der Waals surface area contributed by atoms with Crippen molar-refractivity contribution in [3.8, 4) is 0 Å². The second-order valence-electron chi connectivity index (χ2n) is 2.26. The Morgan fingerprint density at radius 3 is 2.07 bits per heavy atom. The molecule has 0 heterocycles. The first-order valence-electron chi connectivity index (χ1n) is 3.26. The molecule has 0 saturated heterocycles. The van der Waals surface area contributed by atoms with Crippen molar-refractivity contribution in [3.05, 3.63) is 29.8 Å². The summed E-state index contributed by atoms with van der Waals surface area (Å²) >= 11 is 0. The van der Waals surface area contributed by atoms with Crippen molar-refractivity contribution in [2.45, 2.75) is 4.90 Å². The molecule has 0 saturated carbocycles. The van der Waals surface area contributed by atoms with Gasteiger partial charge in [-0.05, 0) is 12.1 Å². The highest BCUT2D eigenvalue weighted by Gasteiger charge is 2.14. The molecule has 1 aromatic rings. The third-order valence-electron chi connectivity index (χ3n) is 1.29. The van der Waals surface area contributed by atoms with Crippen LogP contribution in [0.4, 0.5) is 8.78 Å². The van der Waals surface area contributed by atoms with E-state index in [2.05, 4.69) is 4.40 Å². The summed E-state index contributed by atoms with van der Waals surface area (Å²) in [6, 6.07) is 1.61. The lowest BCUT2D eigenvalue weighted by Crippen LogP contribution is -1.98. The van der Waals surface area contributed by atoms with Crippen LogP contribution in [0, 0.1) is 11.6 Å². The van der Waals surface area contributed by atoms with Crippen LogP contribution in [-0.4, -0.2) is 14.5 Å². The van der Waals surface area contributed by atoms with E-state index in [4.69, 9.17) is 0 Å². The van der Waals surface area contributed by atoms with E-state index in [0.29, 0.717) is 18.2 Å². The Morgan fingerprint density at radius 2 is 1.64 bits per heavy atom. The molecule has 0 N–H and O–H groups in total. The van der Waals surface area contributed by atoms with Gasteiger partial charge >= 0.3 is 0 Å². The van der Waals surface area contributed by atoms with Crippen molar-refractivity contribution < 1.29 is 22.0 Å². The molecule has 1 rings (SSSR count). The SMILES string of the molecule is O=C=NS(=O)(=O)c1cc(F)cc(F)c1. The summed E-state index contributed by atoms with van der Waals surface area (Å²) in [7, 11) is -4.33. The fourth-order valence-electron chi connectivity index (χ4n) is 0.779. The first-order valence-corrected chi connectivity index (χ1v) is 4.70. The van der Waals surface area contributed by atoms with Gasteiger partial charge in [-0.15, -0.1) is 0 Å². The minimum absolute atomic E-state index is 0.504. The maximum absolute atomic E-state index is 12.6. The van der Waals surface area contributed by atoms with Gasteiger partial charge < -0.3 is 0 Å². The molecular weight excluding hydrogens is 216 g/mol. The van der Waals surface area contributed by atoms with Crippen molar-refractivity contribution in [1.82, 2.24) is 0 Å². The third-order valence-corrected chi connectivity index (χ3v) is 2.44. The number of carbonyl (C=O) groups excluding carboxylic acids is 1. The van der Waals surface area contributed by atoms with E-state index in [1.165, 1.54) is 0 Å². The summed E-state index contributed by atoms with van der Waals surface area (Å²) in [4.78, 5) is 8.98. The van der Waals surface area contributed by atoms with Crippen LogP contribution >= 0.6 is 0 Å². The van der Waals surface area contributed by atoms with Crippen molar-refractivity contribution in [2.75, 3.05) is 0 Å². The molecule has 0 atom stereocenters.